The fourth-order valence-corrected chi connectivity index (χ4v) is 10.5. The van der Waals surface area contributed by atoms with Gasteiger partial charge in [-0.25, -0.2) is 15.0 Å². The van der Waals surface area contributed by atoms with E-state index >= 15 is 0 Å². The molecule has 1 heterocycles. The van der Waals surface area contributed by atoms with Gasteiger partial charge in [0, 0.05) is 16.7 Å². The first-order valence-electron chi connectivity index (χ1n) is 21.6. The number of aromatic nitrogens is 3. The van der Waals surface area contributed by atoms with Crippen LogP contribution in [-0.2, 0) is 5.41 Å². The fraction of sp³-hybridized carbons (Fsp3) is 0.0167. The molecule has 0 radical (unpaired) electrons. The molecule has 0 aliphatic heterocycles. The summed E-state index contributed by atoms with van der Waals surface area (Å²) in [7, 11) is 0. The van der Waals surface area contributed by atoms with Gasteiger partial charge in [-0.1, -0.05) is 206 Å². The second-order valence-corrected chi connectivity index (χ2v) is 16.7. The largest absolute Gasteiger partial charge is 0.208 e. The van der Waals surface area contributed by atoms with Gasteiger partial charge < -0.3 is 0 Å². The molecular weight excluding hydrogens is 763 g/mol. The molecule has 3 heteroatoms. The Morgan fingerprint density at radius 2 is 0.651 bits per heavy atom. The highest BCUT2D eigenvalue weighted by molar-refractivity contribution is 6.00. The van der Waals surface area contributed by atoms with Gasteiger partial charge in [0.1, 0.15) is 0 Å². The van der Waals surface area contributed by atoms with Crippen molar-refractivity contribution in [3.8, 4) is 78.7 Å². The van der Waals surface area contributed by atoms with Gasteiger partial charge in [-0.2, -0.15) is 0 Å². The molecule has 11 aromatic rings. The second-order valence-electron chi connectivity index (χ2n) is 16.7. The van der Waals surface area contributed by atoms with Crippen LogP contribution in [0.5, 0.6) is 0 Å². The molecule has 2 aliphatic carbocycles. The molecule has 292 valence electrons. The summed E-state index contributed by atoms with van der Waals surface area (Å²) in [5.41, 5.74) is 17.8. The minimum absolute atomic E-state index is 0.375. The van der Waals surface area contributed by atoms with Crippen molar-refractivity contribution >= 4 is 21.5 Å². The van der Waals surface area contributed by atoms with Crippen LogP contribution in [-0.4, -0.2) is 15.0 Å². The summed E-state index contributed by atoms with van der Waals surface area (Å²) in [6.07, 6.45) is 0. The smallest absolute Gasteiger partial charge is 0.164 e. The van der Waals surface area contributed by atoms with Gasteiger partial charge in [0.25, 0.3) is 0 Å². The lowest BCUT2D eigenvalue weighted by Gasteiger charge is -2.30. The Bertz CT molecular complexity index is 3500. The number of hydrogen-bond acceptors (Lipinski definition) is 3. The molecule has 0 N–H and O–H groups in total. The van der Waals surface area contributed by atoms with Crippen LogP contribution in [0.25, 0.3) is 100 Å². The highest BCUT2D eigenvalue weighted by Crippen LogP contribution is 2.64. The lowest BCUT2D eigenvalue weighted by Crippen LogP contribution is -2.25. The molecule has 0 bridgehead atoms. The van der Waals surface area contributed by atoms with E-state index in [1.165, 1.54) is 66.4 Å². The van der Waals surface area contributed by atoms with Gasteiger partial charge in [0.2, 0.25) is 0 Å². The SMILES string of the molecule is c1cc(-c2ccc(-c3nc(-c4ccc5ccccc5c4)nc(-c4ccc5ccccc5c4)n3)cc2)cc(-c2cccc3c2-c2ccccc2C32c3ccccc3-c3ccccc32)c1. The van der Waals surface area contributed by atoms with Crippen molar-refractivity contribution in [2.75, 3.05) is 0 Å². The van der Waals surface area contributed by atoms with Crippen LogP contribution < -0.4 is 0 Å². The highest BCUT2D eigenvalue weighted by atomic mass is 15.0. The van der Waals surface area contributed by atoms with Gasteiger partial charge in [-0.15, -0.1) is 0 Å². The minimum atomic E-state index is -0.375. The molecule has 3 nitrogen and oxygen atoms in total. The van der Waals surface area contributed by atoms with Gasteiger partial charge >= 0.3 is 0 Å². The first-order valence-corrected chi connectivity index (χ1v) is 21.6. The summed E-state index contributed by atoms with van der Waals surface area (Å²) in [5.74, 6) is 1.93. The summed E-state index contributed by atoms with van der Waals surface area (Å²) < 4.78 is 0. The molecule has 2 aliphatic rings. The summed E-state index contributed by atoms with van der Waals surface area (Å²) in [5, 5.41) is 4.66. The molecule has 13 rings (SSSR count). The van der Waals surface area contributed by atoms with E-state index in [4.69, 9.17) is 15.0 Å². The fourth-order valence-electron chi connectivity index (χ4n) is 10.5. The topological polar surface area (TPSA) is 38.7 Å². The monoisotopic (exact) mass is 799 g/mol. The van der Waals surface area contributed by atoms with Crippen molar-refractivity contribution in [1.29, 1.82) is 0 Å². The zero-order valence-electron chi connectivity index (χ0n) is 34.2. The summed E-state index contributed by atoms with van der Waals surface area (Å²) in [6, 6.07) is 81.2. The van der Waals surface area contributed by atoms with Crippen molar-refractivity contribution in [2.24, 2.45) is 0 Å². The van der Waals surface area contributed by atoms with Crippen LogP contribution in [0.15, 0.2) is 224 Å². The van der Waals surface area contributed by atoms with Gasteiger partial charge in [0.15, 0.2) is 17.5 Å². The van der Waals surface area contributed by atoms with E-state index in [9.17, 15) is 0 Å². The summed E-state index contributed by atoms with van der Waals surface area (Å²) in [6.45, 7) is 0. The van der Waals surface area contributed by atoms with Crippen LogP contribution in [0.2, 0.25) is 0 Å². The van der Waals surface area contributed by atoms with Crippen molar-refractivity contribution in [1.82, 2.24) is 15.0 Å². The molecule has 10 aromatic carbocycles. The first-order chi connectivity index (χ1) is 31.2. The predicted octanol–water partition coefficient (Wildman–Crippen LogP) is 14.9. The molecule has 0 saturated carbocycles. The Morgan fingerprint density at radius 3 is 1.25 bits per heavy atom. The Hall–Kier alpha value is -8.27. The maximum Gasteiger partial charge on any atom is 0.164 e. The Kier molecular flexibility index (Phi) is 7.82. The van der Waals surface area contributed by atoms with Crippen molar-refractivity contribution < 1.29 is 0 Å². The quantitative estimate of drug-likeness (QED) is 0.174. The lowest BCUT2D eigenvalue weighted by atomic mass is 9.70. The van der Waals surface area contributed by atoms with Crippen LogP contribution in [0, 0.1) is 0 Å². The van der Waals surface area contributed by atoms with Crippen LogP contribution >= 0.6 is 0 Å². The highest BCUT2D eigenvalue weighted by Gasteiger charge is 2.51. The molecule has 1 aromatic heterocycles. The van der Waals surface area contributed by atoms with Crippen LogP contribution in [0.3, 0.4) is 0 Å². The maximum absolute atomic E-state index is 5.11. The summed E-state index contributed by atoms with van der Waals surface area (Å²) >= 11 is 0. The Labute approximate surface area is 365 Å². The number of rotatable bonds is 5. The van der Waals surface area contributed by atoms with E-state index in [0.29, 0.717) is 17.5 Å². The molecule has 0 amide bonds. The number of hydrogen-bond donors (Lipinski definition) is 0. The first kappa shape index (κ1) is 35.5. The van der Waals surface area contributed by atoms with E-state index < -0.39 is 0 Å². The van der Waals surface area contributed by atoms with Crippen LogP contribution in [0.1, 0.15) is 22.3 Å². The van der Waals surface area contributed by atoms with E-state index in [-0.39, 0.29) is 5.41 Å². The molecule has 1 spiro atoms. The van der Waals surface area contributed by atoms with Gasteiger partial charge in [-0.05, 0) is 107 Å². The third kappa shape index (κ3) is 5.43. The Balaban J connectivity index is 0.905. The van der Waals surface area contributed by atoms with E-state index in [1.807, 2.05) is 0 Å². The molecule has 0 fully saturated rings. The Morgan fingerprint density at radius 1 is 0.238 bits per heavy atom. The molecule has 0 unspecified atom stereocenters. The molecule has 0 saturated heterocycles. The van der Waals surface area contributed by atoms with Crippen molar-refractivity contribution in [2.45, 2.75) is 5.41 Å². The van der Waals surface area contributed by atoms with Crippen molar-refractivity contribution in [3.05, 3.63) is 247 Å². The zero-order valence-corrected chi connectivity index (χ0v) is 34.2. The van der Waals surface area contributed by atoms with E-state index in [0.717, 1.165) is 38.6 Å². The second kappa shape index (κ2) is 13.9. The molecule has 63 heavy (non-hydrogen) atoms. The summed E-state index contributed by atoms with van der Waals surface area (Å²) in [4.78, 5) is 15.3. The molecular formula is C60H37N3. The molecule has 0 atom stereocenters. The maximum atomic E-state index is 5.11. The lowest BCUT2D eigenvalue weighted by molar-refractivity contribution is 0.794. The third-order valence-electron chi connectivity index (χ3n) is 13.3. The normalized spacial score (nSPS) is 12.9. The number of nitrogens with zero attached hydrogens (tertiary/aromatic N) is 3. The standard InChI is InChI=1S/C60H37N3/c1-3-15-42-36-46(33-29-38(42)13-1)58-61-57(62-59(63-58)47-34-30-39-14-2-4-16-43(39)37-47)41-31-27-40(28-32-41)44-17-11-18-45(35-44)48-22-12-26-55-56(48)51-21-7-10-25-54(51)60(55)52-23-8-5-19-49(52)50-20-6-9-24-53(50)60/h1-37H. The average Bonchev–Trinajstić information content (AvgIpc) is 3.84. The zero-order chi connectivity index (χ0) is 41.5. The van der Waals surface area contributed by atoms with E-state index in [1.54, 1.807) is 0 Å². The van der Waals surface area contributed by atoms with Gasteiger partial charge in [-0.3, -0.25) is 0 Å². The van der Waals surface area contributed by atoms with Gasteiger partial charge in [0.05, 0.1) is 5.41 Å². The average molecular weight is 800 g/mol. The van der Waals surface area contributed by atoms with Crippen molar-refractivity contribution in [3.63, 3.8) is 0 Å². The third-order valence-corrected chi connectivity index (χ3v) is 13.3. The predicted molar refractivity (Wildman–Crippen MR) is 258 cm³/mol. The number of benzene rings is 10. The number of fused-ring (bicyclic) bond motifs is 12. The van der Waals surface area contributed by atoms with Crippen LogP contribution in [0.4, 0.5) is 0 Å². The van der Waals surface area contributed by atoms with E-state index in [2.05, 4.69) is 224 Å². The minimum Gasteiger partial charge on any atom is -0.208 e.